The summed E-state index contributed by atoms with van der Waals surface area (Å²) in [5, 5.41) is 10.6. The van der Waals surface area contributed by atoms with Crippen LogP contribution in [0.5, 0.6) is 0 Å². The van der Waals surface area contributed by atoms with Gasteiger partial charge in [-0.25, -0.2) is 9.13 Å². The molecule has 0 radical (unpaired) electrons. The van der Waals surface area contributed by atoms with Crippen molar-refractivity contribution in [1.82, 2.24) is 0 Å². The summed E-state index contributed by atoms with van der Waals surface area (Å²) in [6, 6.07) is 0. The number of aliphatic hydroxyl groups is 1. The van der Waals surface area contributed by atoms with Gasteiger partial charge in [-0.15, -0.1) is 0 Å². The second-order valence-corrected chi connectivity index (χ2v) is 31.2. The van der Waals surface area contributed by atoms with E-state index < -0.39 is 97.5 Å². The number of esters is 4. The number of unbranched alkanes of at least 4 members (excludes halogenated alkanes) is 37. The Balaban J connectivity index is 5.26. The minimum atomic E-state index is -4.96. The van der Waals surface area contributed by atoms with Crippen molar-refractivity contribution in [2.24, 2.45) is 17.8 Å². The topological polar surface area (TPSA) is 237 Å². The minimum absolute atomic E-state index is 0.0843. The van der Waals surface area contributed by atoms with E-state index in [0.717, 1.165) is 127 Å². The van der Waals surface area contributed by atoms with Crippen LogP contribution in [-0.4, -0.2) is 96.7 Å². The quantitative estimate of drug-likeness (QED) is 0.0169. The van der Waals surface area contributed by atoms with Gasteiger partial charge < -0.3 is 33.8 Å². The van der Waals surface area contributed by atoms with E-state index in [0.29, 0.717) is 25.7 Å². The van der Waals surface area contributed by atoms with Crippen LogP contribution in [0.1, 0.15) is 370 Å². The molecule has 0 saturated heterocycles. The minimum Gasteiger partial charge on any atom is -0.462 e. The molecule has 0 aromatic carbocycles. The molecule has 0 heterocycles. The molecule has 0 amide bonds. The highest BCUT2D eigenvalue weighted by Crippen LogP contribution is 2.45. The Labute approximate surface area is 586 Å². The van der Waals surface area contributed by atoms with Gasteiger partial charge in [0.25, 0.3) is 0 Å². The van der Waals surface area contributed by atoms with Gasteiger partial charge in [-0.2, -0.15) is 0 Å². The van der Waals surface area contributed by atoms with Gasteiger partial charge in [0.1, 0.15) is 19.3 Å². The van der Waals surface area contributed by atoms with E-state index in [4.69, 9.17) is 37.0 Å². The molecule has 0 aliphatic rings. The molecule has 3 unspecified atom stereocenters. The summed E-state index contributed by atoms with van der Waals surface area (Å²) < 4.78 is 68.5. The van der Waals surface area contributed by atoms with Crippen molar-refractivity contribution < 1.29 is 80.2 Å². The van der Waals surface area contributed by atoms with Crippen LogP contribution in [0.15, 0.2) is 24.3 Å². The van der Waals surface area contributed by atoms with Gasteiger partial charge >= 0.3 is 39.5 Å². The summed E-state index contributed by atoms with van der Waals surface area (Å²) >= 11 is 0. The summed E-state index contributed by atoms with van der Waals surface area (Å²) in [5.74, 6) is 0.129. The van der Waals surface area contributed by atoms with Gasteiger partial charge in [0.05, 0.1) is 26.4 Å². The number of phosphoric acid groups is 2. The fraction of sp³-hybridized carbons (Fsp3) is 0.896. The van der Waals surface area contributed by atoms with E-state index in [1.165, 1.54) is 161 Å². The van der Waals surface area contributed by atoms with Crippen molar-refractivity contribution in [1.29, 1.82) is 0 Å². The molecule has 6 atom stereocenters. The van der Waals surface area contributed by atoms with Gasteiger partial charge in [0.2, 0.25) is 0 Å². The smallest absolute Gasteiger partial charge is 0.462 e. The monoisotopic (exact) mass is 1410 g/mol. The molecule has 0 aromatic heterocycles. The molecule has 566 valence electrons. The van der Waals surface area contributed by atoms with Crippen LogP contribution in [0.2, 0.25) is 0 Å². The highest BCUT2D eigenvalue weighted by Gasteiger charge is 2.30. The van der Waals surface area contributed by atoms with E-state index in [1.54, 1.807) is 0 Å². The fourth-order valence-electron chi connectivity index (χ4n) is 11.2. The Morgan fingerprint density at radius 1 is 0.344 bits per heavy atom. The molecule has 0 aliphatic heterocycles. The molecule has 0 aliphatic carbocycles. The van der Waals surface area contributed by atoms with Crippen LogP contribution in [0.3, 0.4) is 0 Å². The van der Waals surface area contributed by atoms with E-state index in [2.05, 4.69) is 72.8 Å². The standard InChI is InChI=1S/C77H146O17P2/c1-8-10-11-12-13-14-15-16-19-23-26-31-37-46-53-60-76(81)93-72(64-87-74(79)58-51-44-36-33-28-30-35-42-49-56-69(5)6)66-91-95(83,84)89-62-71(78)63-90-96(85,86)92-67-73(65-88-75(80)59-52-45-40-39-43-50-57-70(7)9-2)94-77(82)61-54-47-38-32-27-24-21-18-17-20-22-25-29-34-41-48-55-68(3)4/h14-16,19,68-73,78H,8-13,17-18,20-67H2,1-7H3,(H,83,84)(H,85,86)/b15-14-,19-16-/t70?,71-,72-,73-/m1/s1. The lowest BCUT2D eigenvalue weighted by Crippen LogP contribution is -2.30. The van der Waals surface area contributed by atoms with Gasteiger partial charge in [0.15, 0.2) is 12.2 Å². The SMILES string of the molecule is CCCCCC/C=C\C=C/CCCCCCCC(=O)O[C@H](COC(=O)CCCCCCCCCCCC(C)C)COP(=O)(O)OC[C@@H](O)COP(=O)(O)OC[C@@H](COC(=O)CCCCCCCCC(C)CC)OC(=O)CCCCCCCCCCCCCCCCCCC(C)C. The lowest BCUT2D eigenvalue weighted by Gasteiger charge is -2.21. The normalized spacial score (nSPS) is 14.5. The first-order valence-electron chi connectivity index (χ1n) is 39.2. The average Bonchev–Trinajstić information content (AvgIpc) is 1.25. The average molecular weight is 1410 g/mol. The second kappa shape index (κ2) is 67.1. The van der Waals surface area contributed by atoms with Crippen molar-refractivity contribution in [3.63, 3.8) is 0 Å². The zero-order chi connectivity index (χ0) is 70.9. The molecule has 0 aromatic rings. The number of aliphatic hydroxyl groups excluding tert-OH is 1. The molecule has 3 N–H and O–H groups in total. The molecular formula is C77H146O17P2. The highest BCUT2D eigenvalue weighted by atomic mass is 31.2. The Morgan fingerprint density at radius 3 is 0.927 bits per heavy atom. The maximum absolute atomic E-state index is 13.1. The number of ether oxygens (including phenoxy) is 4. The lowest BCUT2D eigenvalue weighted by molar-refractivity contribution is -0.161. The first-order chi connectivity index (χ1) is 46.3. The molecule has 0 saturated carbocycles. The summed E-state index contributed by atoms with van der Waals surface area (Å²) in [6.45, 7) is 11.8. The van der Waals surface area contributed by atoms with E-state index in [-0.39, 0.29) is 25.7 Å². The maximum atomic E-state index is 13.1. The van der Waals surface area contributed by atoms with Gasteiger partial charge in [0, 0.05) is 25.7 Å². The molecule has 0 fully saturated rings. The van der Waals surface area contributed by atoms with E-state index in [1.807, 2.05) is 0 Å². The third kappa shape index (κ3) is 68.7. The van der Waals surface area contributed by atoms with Gasteiger partial charge in [-0.1, -0.05) is 317 Å². The number of hydrogen-bond donors (Lipinski definition) is 3. The molecule has 0 spiro atoms. The molecular weight excluding hydrogens is 1260 g/mol. The van der Waals surface area contributed by atoms with Crippen molar-refractivity contribution in [2.45, 2.75) is 388 Å². The summed E-state index contributed by atoms with van der Waals surface area (Å²) in [5.41, 5.74) is 0. The van der Waals surface area contributed by atoms with Crippen LogP contribution in [0.25, 0.3) is 0 Å². The number of hydrogen-bond acceptors (Lipinski definition) is 15. The van der Waals surface area contributed by atoms with Crippen LogP contribution in [0.4, 0.5) is 0 Å². The Bertz CT molecular complexity index is 1970. The number of rotatable bonds is 73. The second-order valence-electron chi connectivity index (χ2n) is 28.3. The van der Waals surface area contributed by atoms with Crippen molar-refractivity contribution in [3.8, 4) is 0 Å². The predicted molar refractivity (Wildman–Crippen MR) is 390 cm³/mol. The van der Waals surface area contributed by atoms with Crippen LogP contribution >= 0.6 is 15.6 Å². The Morgan fingerprint density at radius 2 is 0.615 bits per heavy atom. The molecule has 0 rings (SSSR count). The van der Waals surface area contributed by atoms with Crippen molar-refractivity contribution >= 4 is 39.5 Å². The number of carbonyl (C=O) groups excluding carboxylic acids is 4. The van der Waals surface area contributed by atoms with Crippen molar-refractivity contribution in [2.75, 3.05) is 39.6 Å². The third-order valence-electron chi connectivity index (χ3n) is 17.6. The van der Waals surface area contributed by atoms with E-state index >= 15 is 0 Å². The van der Waals surface area contributed by atoms with Crippen LogP contribution < -0.4 is 0 Å². The number of carbonyl (C=O) groups is 4. The maximum Gasteiger partial charge on any atom is 0.472 e. The fourth-order valence-corrected chi connectivity index (χ4v) is 12.8. The van der Waals surface area contributed by atoms with Gasteiger partial charge in [-0.05, 0) is 69.1 Å². The third-order valence-corrected chi connectivity index (χ3v) is 19.5. The summed E-state index contributed by atoms with van der Waals surface area (Å²) in [6.07, 6.45) is 56.4. The Hall–Kier alpha value is -2.46. The molecule has 19 heteroatoms. The zero-order valence-electron chi connectivity index (χ0n) is 62.3. The predicted octanol–water partition coefficient (Wildman–Crippen LogP) is 22.1. The van der Waals surface area contributed by atoms with Gasteiger partial charge in [-0.3, -0.25) is 37.3 Å². The lowest BCUT2D eigenvalue weighted by atomic mass is 10.00. The largest absolute Gasteiger partial charge is 0.472 e. The van der Waals surface area contributed by atoms with Crippen molar-refractivity contribution in [3.05, 3.63) is 24.3 Å². The highest BCUT2D eigenvalue weighted by molar-refractivity contribution is 7.47. The summed E-state index contributed by atoms with van der Waals surface area (Å²) in [4.78, 5) is 72.8. The molecule has 96 heavy (non-hydrogen) atoms. The summed E-state index contributed by atoms with van der Waals surface area (Å²) in [7, 11) is -9.93. The van der Waals surface area contributed by atoms with Crippen LogP contribution in [-0.2, 0) is 65.4 Å². The van der Waals surface area contributed by atoms with E-state index in [9.17, 15) is 43.2 Å². The molecule has 0 bridgehead atoms. The van der Waals surface area contributed by atoms with Crippen LogP contribution in [0, 0.1) is 17.8 Å². The first-order valence-corrected chi connectivity index (χ1v) is 42.2. The zero-order valence-corrected chi connectivity index (χ0v) is 64.1. The number of allylic oxidation sites excluding steroid dienone is 4. The first kappa shape index (κ1) is 93.5. The number of phosphoric ester groups is 2. The molecule has 17 nitrogen and oxygen atoms in total. The Kier molecular flexibility index (Phi) is 65.3.